The number of allylic oxidation sites excluding steroid dienone is 2. The van der Waals surface area contributed by atoms with Crippen LogP contribution in [0.15, 0.2) is 59.1 Å². The Kier molecular flexibility index (Phi) is 6.55. The van der Waals surface area contributed by atoms with Crippen molar-refractivity contribution in [3.8, 4) is 34.6 Å². The number of aromatic nitrogens is 2. The first-order valence-corrected chi connectivity index (χ1v) is 10.8. The quantitative estimate of drug-likeness (QED) is 0.343. The monoisotopic (exact) mass is 464 g/mol. The van der Waals surface area contributed by atoms with E-state index in [-0.39, 0.29) is 0 Å². The van der Waals surface area contributed by atoms with E-state index in [0.29, 0.717) is 43.7 Å². The first-order chi connectivity index (χ1) is 15.5. The van der Waals surface area contributed by atoms with Crippen molar-refractivity contribution in [3.63, 3.8) is 0 Å². The highest BCUT2D eigenvalue weighted by atomic mass is 35.5. The van der Waals surface area contributed by atoms with Gasteiger partial charge in [-0.1, -0.05) is 29.1 Å². The molecule has 3 aromatic rings. The second kappa shape index (κ2) is 9.52. The first-order valence-electron chi connectivity index (χ1n) is 10.1. The van der Waals surface area contributed by atoms with Crippen LogP contribution in [0, 0.1) is 18.2 Å². The number of benzene rings is 1. The SMILES string of the molecule is C#Cc1cnccc1-c1cc(Cl)c(-c2cnc(N=CC3=C(N)CCCC3)c(Cl)c2)cc1F. The van der Waals surface area contributed by atoms with Crippen LogP contribution in [0.3, 0.4) is 0 Å². The number of nitrogens with zero attached hydrogens (tertiary/aromatic N) is 3. The summed E-state index contributed by atoms with van der Waals surface area (Å²) >= 11 is 12.9. The molecule has 2 N–H and O–H groups in total. The Morgan fingerprint density at radius 1 is 1.06 bits per heavy atom. The van der Waals surface area contributed by atoms with Crippen LogP contribution in [0.2, 0.25) is 10.0 Å². The van der Waals surface area contributed by atoms with E-state index >= 15 is 4.39 Å². The maximum absolute atomic E-state index is 15.0. The van der Waals surface area contributed by atoms with Crippen molar-refractivity contribution >= 4 is 35.2 Å². The Hall–Kier alpha value is -3.20. The van der Waals surface area contributed by atoms with Gasteiger partial charge in [0.2, 0.25) is 0 Å². The fraction of sp³-hybridized carbons (Fsp3) is 0.160. The summed E-state index contributed by atoms with van der Waals surface area (Å²) in [5.41, 5.74) is 10.3. The summed E-state index contributed by atoms with van der Waals surface area (Å²) in [6.45, 7) is 0. The molecular weight excluding hydrogens is 446 g/mol. The summed E-state index contributed by atoms with van der Waals surface area (Å²) < 4.78 is 15.0. The average molecular weight is 465 g/mol. The van der Waals surface area contributed by atoms with Gasteiger partial charge in [0, 0.05) is 57.8 Å². The molecule has 1 aliphatic carbocycles. The van der Waals surface area contributed by atoms with Crippen molar-refractivity contribution < 1.29 is 4.39 Å². The van der Waals surface area contributed by atoms with Gasteiger partial charge in [-0.2, -0.15) is 0 Å². The molecule has 32 heavy (non-hydrogen) atoms. The fourth-order valence-electron chi connectivity index (χ4n) is 3.63. The van der Waals surface area contributed by atoms with E-state index in [2.05, 4.69) is 20.9 Å². The molecule has 0 fully saturated rings. The Bertz CT molecular complexity index is 1290. The van der Waals surface area contributed by atoms with Crippen molar-refractivity contribution in [1.29, 1.82) is 0 Å². The van der Waals surface area contributed by atoms with Crippen LogP contribution < -0.4 is 5.73 Å². The van der Waals surface area contributed by atoms with Gasteiger partial charge in [-0.15, -0.1) is 6.42 Å². The highest BCUT2D eigenvalue weighted by Crippen LogP contribution is 2.37. The third kappa shape index (κ3) is 4.52. The minimum Gasteiger partial charge on any atom is -0.402 e. The van der Waals surface area contributed by atoms with Crippen LogP contribution in [0.4, 0.5) is 10.2 Å². The number of terminal acetylenes is 1. The second-order valence-corrected chi connectivity index (χ2v) is 8.24. The van der Waals surface area contributed by atoms with Crippen LogP contribution in [0.25, 0.3) is 22.3 Å². The smallest absolute Gasteiger partial charge is 0.170 e. The third-order valence-electron chi connectivity index (χ3n) is 5.35. The standard InChI is InChI=1S/C25H19Cl2FN4/c1-2-15-12-30-8-7-18(15)20-10-21(26)19(11-23(20)28)17-9-22(27)25(32-14-17)31-13-16-5-3-4-6-24(16)29/h1,7-14H,3-6,29H2. The van der Waals surface area contributed by atoms with Gasteiger partial charge in [0.1, 0.15) is 5.82 Å². The summed E-state index contributed by atoms with van der Waals surface area (Å²) in [5.74, 6) is 2.41. The normalized spacial score (nSPS) is 14.1. The Morgan fingerprint density at radius 3 is 2.62 bits per heavy atom. The first kappa shape index (κ1) is 22.0. The van der Waals surface area contributed by atoms with Gasteiger partial charge >= 0.3 is 0 Å². The van der Waals surface area contributed by atoms with E-state index < -0.39 is 5.82 Å². The molecule has 0 amide bonds. The van der Waals surface area contributed by atoms with Crippen molar-refractivity contribution in [2.45, 2.75) is 25.7 Å². The molecule has 0 spiro atoms. The molecule has 0 unspecified atom stereocenters. The highest BCUT2D eigenvalue weighted by Gasteiger charge is 2.16. The molecule has 0 saturated carbocycles. The molecule has 0 radical (unpaired) electrons. The van der Waals surface area contributed by atoms with E-state index in [1.165, 1.54) is 12.3 Å². The average Bonchev–Trinajstić information content (AvgIpc) is 2.80. The molecule has 2 aromatic heterocycles. The molecule has 4 nitrogen and oxygen atoms in total. The zero-order chi connectivity index (χ0) is 22.7. The van der Waals surface area contributed by atoms with Gasteiger partial charge in [0.15, 0.2) is 5.82 Å². The summed E-state index contributed by atoms with van der Waals surface area (Å²) in [5, 5.41) is 0.675. The zero-order valence-electron chi connectivity index (χ0n) is 17.1. The van der Waals surface area contributed by atoms with Crippen molar-refractivity contribution in [3.05, 3.63) is 75.6 Å². The van der Waals surface area contributed by atoms with Crippen LogP contribution in [0.1, 0.15) is 31.2 Å². The predicted octanol–water partition coefficient (Wildman–Crippen LogP) is 6.73. The Balaban J connectivity index is 1.67. The van der Waals surface area contributed by atoms with Crippen LogP contribution in [-0.4, -0.2) is 16.2 Å². The number of hydrogen-bond donors (Lipinski definition) is 1. The summed E-state index contributed by atoms with van der Waals surface area (Å²) in [6.07, 6.45) is 15.8. The summed E-state index contributed by atoms with van der Waals surface area (Å²) in [6, 6.07) is 6.21. The number of halogens is 3. The molecule has 4 rings (SSSR count). The molecule has 0 saturated heterocycles. The lowest BCUT2D eigenvalue weighted by Gasteiger charge is -2.13. The highest BCUT2D eigenvalue weighted by molar-refractivity contribution is 6.34. The molecule has 160 valence electrons. The summed E-state index contributed by atoms with van der Waals surface area (Å²) in [4.78, 5) is 12.7. The van der Waals surface area contributed by atoms with Gasteiger partial charge in [0.25, 0.3) is 0 Å². The lowest BCUT2D eigenvalue weighted by molar-refractivity contribution is 0.632. The Morgan fingerprint density at radius 2 is 1.88 bits per heavy atom. The lowest BCUT2D eigenvalue weighted by Crippen LogP contribution is -2.08. The van der Waals surface area contributed by atoms with Gasteiger partial charge in [-0.3, -0.25) is 4.98 Å². The number of rotatable bonds is 4. The van der Waals surface area contributed by atoms with E-state index in [1.54, 1.807) is 36.8 Å². The molecule has 1 aliphatic rings. The third-order valence-corrected chi connectivity index (χ3v) is 5.94. The van der Waals surface area contributed by atoms with E-state index in [9.17, 15) is 0 Å². The van der Waals surface area contributed by atoms with Crippen molar-refractivity contribution in [2.75, 3.05) is 0 Å². The van der Waals surface area contributed by atoms with Gasteiger partial charge in [0.05, 0.1) is 10.6 Å². The largest absolute Gasteiger partial charge is 0.402 e. The zero-order valence-corrected chi connectivity index (χ0v) is 18.6. The predicted molar refractivity (Wildman–Crippen MR) is 129 cm³/mol. The van der Waals surface area contributed by atoms with Gasteiger partial charge in [-0.25, -0.2) is 14.4 Å². The van der Waals surface area contributed by atoms with E-state index in [1.807, 2.05) is 0 Å². The number of nitrogens with two attached hydrogens (primary N) is 1. The van der Waals surface area contributed by atoms with Gasteiger partial charge < -0.3 is 5.73 Å². The van der Waals surface area contributed by atoms with Crippen LogP contribution >= 0.6 is 23.2 Å². The fourth-order valence-corrected chi connectivity index (χ4v) is 4.12. The number of hydrogen-bond acceptors (Lipinski definition) is 4. The molecule has 0 bridgehead atoms. The van der Waals surface area contributed by atoms with Crippen LogP contribution in [0.5, 0.6) is 0 Å². The number of pyridine rings is 2. The van der Waals surface area contributed by atoms with E-state index in [4.69, 9.17) is 35.4 Å². The molecule has 7 heteroatoms. The molecule has 0 aliphatic heterocycles. The molecule has 2 heterocycles. The van der Waals surface area contributed by atoms with Crippen molar-refractivity contribution in [2.24, 2.45) is 10.7 Å². The van der Waals surface area contributed by atoms with Gasteiger partial charge in [-0.05, 0) is 55.5 Å². The van der Waals surface area contributed by atoms with Crippen molar-refractivity contribution in [1.82, 2.24) is 9.97 Å². The topological polar surface area (TPSA) is 64.2 Å². The summed E-state index contributed by atoms with van der Waals surface area (Å²) in [7, 11) is 0. The lowest BCUT2D eigenvalue weighted by atomic mass is 9.97. The second-order valence-electron chi connectivity index (χ2n) is 7.42. The van der Waals surface area contributed by atoms with E-state index in [0.717, 1.165) is 37.0 Å². The number of aliphatic imine (C=N–C) groups is 1. The molecule has 1 aromatic carbocycles. The Labute approximate surface area is 196 Å². The maximum atomic E-state index is 15.0. The minimum absolute atomic E-state index is 0.299. The maximum Gasteiger partial charge on any atom is 0.170 e. The molecular formula is C25H19Cl2FN4. The minimum atomic E-state index is -0.468. The van der Waals surface area contributed by atoms with Crippen LogP contribution in [-0.2, 0) is 0 Å². The molecule has 0 atom stereocenters.